The molecule has 0 unspecified atom stereocenters. The first-order chi connectivity index (χ1) is 14.0. The largest absolute Gasteiger partial charge is 0.494 e. The Hall–Kier alpha value is -3.48. The van der Waals surface area contributed by atoms with Crippen molar-refractivity contribution >= 4 is 17.5 Å². The van der Waals surface area contributed by atoms with Crippen molar-refractivity contribution in [1.29, 1.82) is 0 Å². The summed E-state index contributed by atoms with van der Waals surface area (Å²) in [7, 11) is 0. The molecule has 0 fully saturated rings. The zero-order valence-electron chi connectivity index (χ0n) is 16.4. The van der Waals surface area contributed by atoms with Crippen LogP contribution in [0.5, 0.6) is 5.75 Å². The summed E-state index contributed by atoms with van der Waals surface area (Å²) in [5.74, 6) is 0.495. The summed E-state index contributed by atoms with van der Waals surface area (Å²) in [6, 6.07) is 15.4. The zero-order chi connectivity index (χ0) is 20.6. The lowest BCUT2D eigenvalue weighted by Crippen LogP contribution is -2.17. The number of carbonyl (C=O) groups is 1. The third-order valence-corrected chi connectivity index (χ3v) is 4.15. The summed E-state index contributed by atoms with van der Waals surface area (Å²) in [6.45, 7) is 4.73. The summed E-state index contributed by atoms with van der Waals surface area (Å²) in [6.07, 6.45) is 0.484. The number of ether oxygens (including phenoxy) is 1. The molecular formula is C22H23FN4O2. The van der Waals surface area contributed by atoms with E-state index in [4.69, 9.17) is 4.74 Å². The Morgan fingerprint density at radius 2 is 1.86 bits per heavy atom. The molecule has 3 aromatic rings. The highest BCUT2D eigenvalue weighted by Gasteiger charge is 2.11. The van der Waals surface area contributed by atoms with Gasteiger partial charge in [-0.25, -0.2) is 14.4 Å². The van der Waals surface area contributed by atoms with Gasteiger partial charge in [0, 0.05) is 17.9 Å². The number of nitrogens with one attached hydrogen (secondary N) is 2. The SMILES string of the molecule is CCOc1ccc(NC(=O)c2cc(C)nc(NCCc3ccccc3F)n2)cc1. The van der Waals surface area contributed by atoms with E-state index in [0.29, 0.717) is 42.5 Å². The van der Waals surface area contributed by atoms with Gasteiger partial charge in [0.25, 0.3) is 5.91 Å². The molecule has 0 saturated carbocycles. The molecule has 3 rings (SSSR count). The summed E-state index contributed by atoms with van der Waals surface area (Å²) in [5, 5.41) is 5.87. The van der Waals surface area contributed by atoms with E-state index in [9.17, 15) is 9.18 Å². The van der Waals surface area contributed by atoms with E-state index in [0.717, 1.165) is 5.75 Å². The summed E-state index contributed by atoms with van der Waals surface area (Å²) in [5.41, 5.74) is 2.16. The van der Waals surface area contributed by atoms with E-state index >= 15 is 0 Å². The average Bonchev–Trinajstić information content (AvgIpc) is 2.71. The third-order valence-electron chi connectivity index (χ3n) is 4.15. The molecule has 150 valence electrons. The molecule has 0 radical (unpaired) electrons. The number of halogens is 1. The number of benzene rings is 2. The minimum atomic E-state index is -0.336. The molecule has 1 heterocycles. The highest BCUT2D eigenvalue weighted by Crippen LogP contribution is 2.17. The molecule has 1 aromatic heterocycles. The number of amides is 1. The lowest BCUT2D eigenvalue weighted by molar-refractivity contribution is 0.102. The van der Waals surface area contributed by atoms with E-state index < -0.39 is 0 Å². The maximum Gasteiger partial charge on any atom is 0.274 e. The fraction of sp³-hybridized carbons (Fsp3) is 0.227. The van der Waals surface area contributed by atoms with E-state index in [1.165, 1.54) is 6.07 Å². The van der Waals surface area contributed by atoms with Gasteiger partial charge in [-0.05, 0) is 62.2 Å². The first-order valence-electron chi connectivity index (χ1n) is 9.42. The molecule has 1 amide bonds. The maximum absolute atomic E-state index is 13.7. The summed E-state index contributed by atoms with van der Waals surface area (Å²) >= 11 is 0. The predicted molar refractivity (Wildman–Crippen MR) is 111 cm³/mol. The molecule has 0 aliphatic rings. The van der Waals surface area contributed by atoms with Gasteiger partial charge >= 0.3 is 0 Å². The lowest BCUT2D eigenvalue weighted by Gasteiger charge is -2.10. The number of anilines is 2. The Bertz CT molecular complexity index is 977. The monoisotopic (exact) mass is 394 g/mol. The maximum atomic E-state index is 13.7. The second-order valence-electron chi connectivity index (χ2n) is 6.40. The van der Waals surface area contributed by atoms with Gasteiger partial charge in [0.2, 0.25) is 5.95 Å². The second-order valence-corrected chi connectivity index (χ2v) is 6.40. The number of rotatable bonds is 8. The predicted octanol–water partition coefficient (Wildman–Crippen LogP) is 4.23. The first kappa shape index (κ1) is 20.3. The Balaban J connectivity index is 1.63. The molecule has 7 heteroatoms. The van der Waals surface area contributed by atoms with Crippen LogP contribution in [0.25, 0.3) is 0 Å². The van der Waals surface area contributed by atoms with Crippen LogP contribution in [0, 0.1) is 12.7 Å². The van der Waals surface area contributed by atoms with Crippen molar-refractivity contribution in [2.24, 2.45) is 0 Å². The number of hydrogen-bond acceptors (Lipinski definition) is 5. The lowest BCUT2D eigenvalue weighted by atomic mass is 10.1. The minimum Gasteiger partial charge on any atom is -0.494 e. The molecule has 0 aliphatic heterocycles. The molecule has 6 nitrogen and oxygen atoms in total. The minimum absolute atomic E-state index is 0.241. The molecule has 0 atom stereocenters. The van der Waals surface area contributed by atoms with Crippen molar-refractivity contribution in [3.8, 4) is 5.75 Å². The summed E-state index contributed by atoms with van der Waals surface area (Å²) < 4.78 is 19.1. The van der Waals surface area contributed by atoms with Gasteiger partial charge in [-0.3, -0.25) is 4.79 Å². The fourth-order valence-electron chi connectivity index (χ4n) is 2.77. The van der Waals surface area contributed by atoms with Crippen LogP contribution < -0.4 is 15.4 Å². The van der Waals surface area contributed by atoms with Crippen molar-refractivity contribution in [1.82, 2.24) is 9.97 Å². The fourth-order valence-corrected chi connectivity index (χ4v) is 2.77. The van der Waals surface area contributed by atoms with Crippen LogP contribution in [0.2, 0.25) is 0 Å². The zero-order valence-corrected chi connectivity index (χ0v) is 16.4. The van der Waals surface area contributed by atoms with Gasteiger partial charge in [-0.2, -0.15) is 0 Å². The molecule has 0 spiro atoms. The van der Waals surface area contributed by atoms with Gasteiger partial charge < -0.3 is 15.4 Å². The quantitative estimate of drug-likeness (QED) is 0.598. The average molecular weight is 394 g/mol. The molecule has 2 aromatic carbocycles. The normalized spacial score (nSPS) is 10.4. The van der Waals surface area contributed by atoms with Gasteiger partial charge in [0.1, 0.15) is 17.3 Å². The molecular weight excluding hydrogens is 371 g/mol. The molecule has 0 saturated heterocycles. The Morgan fingerprint density at radius 3 is 2.59 bits per heavy atom. The molecule has 2 N–H and O–H groups in total. The smallest absolute Gasteiger partial charge is 0.274 e. The van der Waals surface area contributed by atoms with Gasteiger partial charge in [0.15, 0.2) is 0 Å². The van der Waals surface area contributed by atoms with E-state index in [1.807, 2.05) is 6.92 Å². The number of nitrogens with zero attached hydrogens (tertiary/aromatic N) is 2. The van der Waals surface area contributed by atoms with E-state index in [2.05, 4.69) is 20.6 Å². The van der Waals surface area contributed by atoms with Crippen molar-refractivity contribution in [3.05, 3.63) is 77.4 Å². The Labute approximate surface area is 169 Å². The Kier molecular flexibility index (Phi) is 6.73. The van der Waals surface area contributed by atoms with Crippen LogP contribution in [-0.2, 0) is 6.42 Å². The van der Waals surface area contributed by atoms with Crippen LogP contribution >= 0.6 is 0 Å². The number of hydrogen-bond donors (Lipinski definition) is 2. The summed E-state index contributed by atoms with van der Waals surface area (Å²) in [4.78, 5) is 21.1. The standard InChI is InChI=1S/C22H23FN4O2/c1-3-29-18-10-8-17(9-11-18)26-21(28)20-14-15(2)25-22(27-20)24-13-12-16-6-4-5-7-19(16)23/h4-11,14H,3,12-13H2,1-2H3,(H,26,28)(H,24,25,27). The van der Waals surface area contributed by atoms with Gasteiger partial charge in [-0.15, -0.1) is 0 Å². The van der Waals surface area contributed by atoms with Crippen LogP contribution in [0.15, 0.2) is 54.6 Å². The second kappa shape index (κ2) is 9.64. The first-order valence-corrected chi connectivity index (χ1v) is 9.42. The van der Waals surface area contributed by atoms with Crippen molar-refractivity contribution in [3.63, 3.8) is 0 Å². The van der Waals surface area contributed by atoms with Gasteiger partial charge in [-0.1, -0.05) is 18.2 Å². The number of carbonyl (C=O) groups excluding carboxylic acids is 1. The highest BCUT2D eigenvalue weighted by molar-refractivity contribution is 6.03. The van der Waals surface area contributed by atoms with Crippen LogP contribution in [0.4, 0.5) is 16.0 Å². The van der Waals surface area contributed by atoms with E-state index in [1.54, 1.807) is 55.5 Å². The highest BCUT2D eigenvalue weighted by atomic mass is 19.1. The topological polar surface area (TPSA) is 76.1 Å². The number of aryl methyl sites for hydroxylation is 1. The van der Waals surface area contributed by atoms with Crippen LogP contribution in [0.3, 0.4) is 0 Å². The van der Waals surface area contributed by atoms with Crippen molar-refractivity contribution in [2.75, 3.05) is 23.8 Å². The third kappa shape index (κ3) is 5.75. The van der Waals surface area contributed by atoms with E-state index in [-0.39, 0.29) is 17.4 Å². The molecule has 29 heavy (non-hydrogen) atoms. The van der Waals surface area contributed by atoms with Gasteiger partial charge in [0.05, 0.1) is 6.61 Å². The molecule has 0 bridgehead atoms. The van der Waals surface area contributed by atoms with Crippen molar-refractivity contribution < 1.29 is 13.9 Å². The molecule has 0 aliphatic carbocycles. The van der Waals surface area contributed by atoms with Crippen LogP contribution in [-0.4, -0.2) is 29.0 Å². The van der Waals surface area contributed by atoms with Crippen LogP contribution in [0.1, 0.15) is 28.7 Å². The Morgan fingerprint density at radius 1 is 1.10 bits per heavy atom. The van der Waals surface area contributed by atoms with Crippen molar-refractivity contribution in [2.45, 2.75) is 20.3 Å². The number of aromatic nitrogens is 2.